The highest BCUT2D eigenvalue weighted by Gasteiger charge is 2.39. The molecule has 45 heavy (non-hydrogen) atoms. The van der Waals surface area contributed by atoms with Gasteiger partial charge in [-0.2, -0.15) is 0 Å². The maximum Gasteiger partial charge on any atom is 0.255 e. The molecule has 2 aromatic rings. The van der Waals surface area contributed by atoms with E-state index in [2.05, 4.69) is 52.4 Å². The van der Waals surface area contributed by atoms with Crippen LogP contribution in [-0.2, 0) is 49.7 Å². The molecule has 244 valence electrons. The van der Waals surface area contributed by atoms with E-state index in [9.17, 15) is 14.4 Å². The second-order valence-electron chi connectivity index (χ2n) is 12.1. The Hall–Kier alpha value is -3.15. The second-order valence-corrected chi connectivity index (χ2v) is 12.1. The highest BCUT2D eigenvalue weighted by Crippen LogP contribution is 2.30. The summed E-state index contributed by atoms with van der Waals surface area (Å²) in [6, 6.07) is 14.2. The minimum Gasteiger partial charge on any atom is -0.379 e. The lowest BCUT2D eigenvalue weighted by Crippen LogP contribution is -2.52. The molecular weight excluding hydrogens is 572 g/mol. The number of carbonyl (C=O) groups is 3. The summed E-state index contributed by atoms with van der Waals surface area (Å²) in [7, 11) is 0. The largest absolute Gasteiger partial charge is 0.379 e. The summed E-state index contributed by atoms with van der Waals surface area (Å²) in [5, 5.41) is 2.38. The van der Waals surface area contributed by atoms with Gasteiger partial charge in [0.15, 0.2) is 0 Å². The number of benzene rings is 2. The molecule has 3 heterocycles. The van der Waals surface area contributed by atoms with Crippen LogP contribution in [0.1, 0.15) is 58.8 Å². The van der Waals surface area contributed by atoms with Crippen molar-refractivity contribution in [3.05, 3.63) is 70.3 Å². The molecule has 3 aliphatic heterocycles. The molecule has 0 aliphatic carbocycles. The zero-order chi connectivity index (χ0) is 31.4. The number of carbonyl (C=O) groups excluding carboxylic acids is 3. The SMILES string of the molecule is CCCOCCOCCOCCN1CCN(Cc2ccc(CCc3cccc4c3CN(C3CCC(=O)NC3=O)C4=O)cc2)CC1. The fourth-order valence-electron chi connectivity index (χ4n) is 6.28. The van der Waals surface area contributed by atoms with Gasteiger partial charge in [0.05, 0.1) is 33.0 Å². The van der Waals surface area contributed by atoms with Gasteiger partial charge in [0, 0.05) is 64.4 Å². The average molecular weight is 621 g/mol. The van der Waals surface area contributed by atoms with Gasteiger partial charge < -0.3 is 19.1 Å². The first kappa shape index (κ1) is 33.2. The van der Waals surface area contributed by atoms with Crippen LogP contribution in [0.4, 0.5) is 0 Å². The minimum absolute atomic E-state index is 0.120. The first-order chi connectivity index (χ1) is 22.0. The van der Waals surface area contributed by atoms with E-state index in [1.54, 1.807) is 4.90 Å². The lowest BCUT2D eigenvalue weighted by Gasteiger charge is -2.34. The molecular formula is C35H48N4O6. The Balaban J connectivity index is 0.993. The number of hydrogen-bond donors (Lipinski definition) is 1. The quantitative estimate of drug-likeness (QED) is 0.213. The summed E-state index contributed by atoms with van der Waals surface area (Å²) in [5.41, 5.74) is 5.41. The number of fused-ring (bicyclic) bond motifs is 1. The van der Waals surface area contributed by atoms with Crippen LogP contribution in [0.25, 0.3) is 0 Å². The number of nitrogens with one attached hydrogen (secondary N) is 1. The summed E-state index contributed by atoms with van der Waals surface area (Å²) < 4.78 is 16.7. The number of ether oxygens (including phenoxy) is 3. The Morgan fingerprint density at radius 2 is 1.44 bits per heavy atom. The topological polar surface area (TPSA) is 101 Å². The average Bonchev–Trinajstić information content (AvgIpc) is 3.38. The summed E-state index contributed by atoms with van der Waals surface area (Å²) in [6.45, 7) is 12.7. The number of piperazine rings is 1. The van der Waals surface area contributed by atoms with Crippen molar-refractivity contribution in [1.82, 2.24) is 20.0 Å². The van der Waals surface area contributed by atoms with Crippen LogP contribution in [0.3, 0.4) is 0 Å². The maximum atomic E-state index is 13.1. The number of piperidine rings is 1. The van der Waals surface area contributed by atoms with Gasteiger partial charge in [-0.25, -0.2) is 0 Å². The van der Waals surface area contributed by atoms with Gasteiger partial charge >= 0.3 is 0 Å². The molecule has 0 radical (unpaired) electrons. The van der Waals surface area contributed by atoms with Crippen molar-refractivity contribution >= 4 is 17.7 Å². The molecule has 0 spiro atoms. The summed E-state index contributed by atoms with van der Waals surface area (Å²) in [5.74, 6) is -0.763. The van der Waals surface area contributed by atoms with Crippen molar-refractivity contribution in [3.8, 4) is 0 Å². The van der Waals surface area contributed by atoms with E-state index in [-0.39, 0.29) is 24.1 Å². The smallest absolute Gasteiger partial charge is 0.255 e. The van der Waals surface area contributed by atoms with Gasteiger partial charge in [0.1, 0.15) is 6.04 Å². The molecule has 3 amide bonds. The molecule has 0 bridgehead atoms. The second kappa shape index (κ2) is 17.0. The Labute approximate surface area is 267 Å². The van der Waals surface area contributed by atoms with Crippen LogP contribution in [0.5, 0.6) is 0 Å². The number of nitrogens with zero attached hydrogens (tertiary/aromatic N) is 3. The van der Waals surface area contributed by atoms with Crippen LogP contribution < -0.4 is 5.32 Å². The third-order valence-corrected chi connectivity index (χ3v) is 8.90. The lowest BCUT2D eigenvalue weighted by atomic mass is 9.97. The lowest BCUT2D eigenvalue weighted by molar-refractivity contribution is -0.136. The molecule has 1 atom stereocenters. The van der Waals surface area contributed by atoms with Crippen LogP contribution in [0.15, 0.2) is 42.5 Å². The van der Waals surface area contributed by atoms with Crippen molar-refractivity contribution in [1.29, 1.82) is 0 Å². The first-order valence-corrected chi connectivity index (χ1v) is 16.5. The van der Waals surface area contributed by atoms with E-state index in [0.29, 0.717) is 45.0 Å². The number of hydrogen-bond acceptors (Lipinski definition) is 8. The van der Waals surface area contributed by atoms with E-state index >= 15 is 0 Å². The number of imide groups is 1. The highest BCUT2D eigenvalue weighted by molar-refractivity contribution is 6.05. The van der Waals surface area contributed by atoms with E-state index in [1.165, 1.54) is 11.1 Å². The van der Waals surface area contributed by atoms with Crippen molar-refractivity contribution in [2.75, 3.05) is 72.4 Å². The van der Waals surface area contributed by atoms with Crippen LogP contribution in [0, 0.1) is 0 Å². The molecule has 3 aliphatic rings. The normalized spacial score (nSPS) is 19.3. The molecule has 1 unspecified atom stereocenters. The zero-order valence-corrected chi connectivity index (χ0v) is 26.6. The van der Waals surface area contributed by atoms with E-state index in [1.807, 2.05) is 12.1 Å². The van der Waals surface area contributed by atoms with Crippen molar-refractivity contribution in [2.45, 2.75) is 58.2 Å². The summed E-state index contributed by atoms with van der Waals surface area (Å²) in [4.78, 5) is 43.7. The van der Waals surface area contributed by atoms with Crippen molar-refractivity contribution in [3.63, 3.8) is 0 Å². The zero-order valence-electron chi connectivity index (χ0n) is 26.6. The molecule has 10 heteroatoms. The van der Waals surface area contributed by atoms with Crippen LogP contribution in [0.2, 0.25) is 0 Å². The molecule has 1 N–H and O–H groups in total. The number of rotatable bonds is 17. The molecule has 10 nitrogen and oxygen atoms in total. The third kappa shape index (κ3) is 9.43. The summed E-state index contributed by atoms with van der Waals surface area (Å²) >= 11 is 0. The molecule has 0 saturated carbocycles. The molecule has 2 aromatic carbocycles. The predicted molar refractivity (Wildman–Crippen MR) is 171 cm³/mol. The molecule has 2 saturated heterocycles. The predicted octanol–water partition coefficient (Wildman–Crippen LogP) is 2.81. The van der Waals surface area contributed by atoms with Crippen LogP contribution >= 0.6 is 0 Å². The van der Waals surface area contributed by atoms with Crippen LogP contribution in [-0.4, -0.2) is 111 Å². The summed E-state index contributed by atoms with van der Waals surface area (Å²) in [6.07, 6.45) is 3.38. The van der Waals surface area contributed by atoms with Gasteiger partial charge in [-0.1, -0.05) is 43.3 Å². The molecule has 5 rings (SSSR count). The Bertz CT molecular complexity index is 1280. The Morgan fingerprint density at radius 1 is 0.778 bits per heavy atom. The number of aryl methyl sites for hydroxylation is 2. The van der Waals surface area contributed by atoms with E-state index in [0.717, 1.165) is 82.9 Å². The van der Waals surface area contributed by atoms with Gasteiger partial charge in [-0.3, -0.25) is 29.5 Å². The first-order valence-electron chi connectivity index (χ1n) is 16.5. The van der Waals surface area contributed by atoms with Crippen molar-refractivity contribution < 1.29 is 28.6 Å². The standard InChI is InChI=1S/C35H48N4O6/c1-2-19-43-21-23-45-24-22-44-20-18-37-14-16-38(17-15-37)25-28-8-6-27(7-9-28)10-11-29-4-3-5-30-31(29)26-39(35(30)42)32-12-13-33(40)36-34(32)41/h3-9,32H,2,10-26H2,1H3,(H,36,40,41). The van der Waals surface area contributed by atoms with Crippen molar-refractivity contribution in [2.24, 2.45) is 0 Å². The van der Waals surface area contributed by atoms with Gasteiger partial charge in [-0.15, -0.1) is 0 Å². The minimum atomic E-state index is -0.586. The monoisotopic (exact) mass is 620 g/mol. The van der Waals surface area contributed by atoms with Gasteiger partial charge in [0.2, 0.25) is 11.8 Å². The Kier molecular flexibility index (Phi) is 12.5. The Morgan fingerprint density at radius 3 is 2.16 bits per heavy atom. The van der Waals surface area contributed by atoms with E-state index in [4.69, 9.17) is 14.2 Å². The highest BCUT2D eigenvalue weighted by atomic mass is 16.5. The number of amides is 3. The third-order valence-electron chi connectivity index (χ3n) is 8.90. The maximum absolute atomic E-state index is 13.1. The van der Waals surface area contributed by atoms with E-state index < -0.39 is 6.04 Å². The molecule has 2 fully saturated rings. The molecule has 0 aromatic heterocycles. The fraction of sp³-hybridized carbons (Fsp3) is 0.571. The fourth-order valence-corrected chi connectivity index (χ4v) is 6.28. The van der Waals surface area contributed by atoms with Gasteiger partial charge in [-0.05, 0) is 54.0 Å². The van der Waals surface area contributed by atoms with Gasteiger partial charge in [0.25, 0.3) is 5.91 Å².